The summed E-state index contributed by atoms with van der Waals surface area (Å²) in [6, 6.07) is 16.1. The monoisotopic (exact) mass is 419 g/mol. The molecule has 2 aliphatic rings. The summed E-state index contributed by atoms with van der Waals surface area (Å²) in [4.78, 5) is 14.1. The van der Waals surface area contributed by atoms with Crippen molar-refractivity contribution in [1.82, 2.24) is 4.90 Å². The molecule has 166 valence electrons. The predicted molar refractivity (Wildman–Crippen MR) is 128 cm³/mol. The van der Waals surface area contributed by atoms with E-state index in [9.17, 15) is 4.79 Å². The molecule has 0 atom stereocenters. The molecule has 1 saturated heterocycles. The fourth-order valence-corrected chi connectivity index (χ4v) is 5.18. The van der Waals surface area contributed by atoms with E-state index in [0.717, 1.165) is 47.3 Å². The Morgan fingerprint density at radius 3 is 2.06 bits per heavy atom. The average Bonchev–Trinajstić information content (AvgIpc) is 2.81. The van der Waals surface area contributed by atoms with E-state index in [1.807, 2.05) is 24.3 Å². The highest BCUT2D eigenvalue weighted by molar-refractivity contribution is 5.94. The Hall–Kier alpha value is -2.13. The van der Waals surface area contributed by atoms with E-state index in [1.165, 1.54) is 64.6 Å². The van der Waals surface area contributed by atoms with Crippen LogP contribution >= 0.6 is 0 Å². The van der Waals surface area contributed by atoms with Gasteiger partial charge in [0.05, 0.1) is 6.61 Å². The lowest BCUT2D eigenvalue weighted by Gasteiger charge is -2.35. The maximum atomic E-state index is 11.4. The lowest BCUT2D eigenvalue weighted by atomic mass is 9.87. The molecule has 2 aromatic rings. The predicted octanol–water partition coefficient (Wildman–Crippen LogP) is 6.62. The molecule has 4 rings (SSSR count). The van der Waals surface area contributed by atoms with Crippen LogP contribution in [0.2, 0.25) is 0 Å². The van der Waals surface area contributed by atoms with Crippen molar-refractivity contribution < 1.29 is 9.53 Å². The van der Waals surface area contributed by atoms with E-state index in [1.54, 1.807) is 6.92 Å². The van der Waals surface area contributed by atoms with Gasteiger partial charge < -0.3 is 9.64 Å². The maximum Gasteiger partial charge on any atom is 0.159 e. The van der Waals surface area contributed by atoms with Gasteiger partial charge >= 0.3 is 0 Å². The highest BCUT2D eigenvalue weighted by atomic mass is 16.5. The molecule has 0 unspecified atom stereocenters. The van der Waals surface area contributed by atoms with Gasteiger partial charge in [-0.3, -0.25) is 4.79 Å². The second kappa shape index (κ2) is 10.9. The first-order valence-electron chi connectivity index (χ1n) is 12.2. The molecule has 2 aromatic carbocycles. The van der Waals surface area contributed by atoms with Crippen molar-refractivity contribution >= 4 is 5.78 Å². The number of Topliss-reactive ketones (excluding diaryl/α,β-unsaturated/α-hetero) is 1. The van der Waals surface area contributed by atoms with Crippen LogP contribution in [0, 0.1) is 11.8 Å². The van der Waals surface area contributed by atoms with E-state index in [0.29, 0.717) is 0 Å². The molecule has 1 aliphatic carbocycles. The van der Waals surface area contributed by atoms with E-state index in [2.05, 4.69) is 29.2 Å². The van der Waals surface area contributed by atoms with Crippen LogP contribution in [0.4, 0.5) is 0 Å². The number of ether oxygens (including phenoxy) is 1. The minimum absolute atomic E-state index is 0.102. The zero-order valence-corrected chi connectivity index (χ0v) is 19.0. The third-order valence-electron chi connectivity index (χ3n) is 7.22. The second-order valence-corrected chi connectivity index (χ2v) is 9.54. The number of benzene rings is 2. The fourth-order valence-electron chi connectivity index (χ4n) is 5.18. The maximum absolute atomic E-state index is 11.4. The molecular weight excluding hydrogens is 382 g/mol. The van der Waals surface area contributed by atoms with Crippen molar-refractivity contribution in [3.8, 4) is 16.9 Å². The molecular formula is C28H37NO2. The number of hydrogen-bond donors (Lipinski definition) is 0. The topological polar surface area (TPSA) is 29.5 Å². The third-order valence-corrected chi connectivity index (χ3v) is 7.22. The molecule has 0 N–H and O–H groups in total. The van der Waals surface area contributed by atoms with Crippen LogP contribution in [0.1, 0.15) is 68.6 Å². The number of rotatable bonds is 8. The molecule has 1 heterocycles. The average molecular weight is 420 g/mol. The van der Waals surface area contributed by atoms with Crippen molar-refractivity contribution in [1.29, 1.82) is 0 Å². The molecule has 0 spiro atoms. The van der Waals surface area contributed by atoms with Crippen LogP contribution in [0.3, 0.4) is 0 Å². The molecule has 1 aliphatic heterocycles. The fraction of sp³-hybridized carbons (Fsp3) is 0.536. The minimum Gasteiger partial charge on any atom is -0.494 e. The van der Waals surface area contributed by atoms with Crippen molar-refractivity contribution in [2.75, 3.05) is 26.2 Å². The second-order valence-electron chi connectivity index (χ2n) is 9.54. The Morgan fingerprint density at radius 1 is 0.839 bits per heavy atom. The molecule has 31 heavy (non-hydrogen) atoms. The molecule has 2 fully saturated rings. The van der Waals surface area contributed by atoms with Gasteiger partial charge in [-0.2, -0.15) is 0 Å². The van der Waals surface area contributed by atoms with Gasteiger partial charge in [0.25, 0.3) is 0 Å². The van der Waals surface area contributed by atoms with Gasteiger partial charge in [-0.05, 0) is 87.2 Å². The zero-order chi connectivity index (χ0) is 21.5. The van der Waals surface area contributed by atoms with Crippen LogP contribution in [0.25, 0.3) is 11.1 Å². The van der Waals surface area contributed by atoms with E-state index in [4.69, 9.17) is 4.74 Å². The number of likely N-dealkylation sites (tertiary alicyclic amines) is 1. The normalized spacial score (nSPS) is 18.7. The number of hydrogen-bond acceptors (Lipinski definition) is 3. The summed E-state index contributed by atoms with van der Waals surface area (Å²) in [6.45, 7) is 6.30. The van der Waals surface area contributed by atoms with Gasteiger partial charge in [0.2, 0.25) is 0 Å². The Balaban J connectivity index is 1.17. The van der Waals surface area contributed by atoms with E-state index >= 15 is 0 Å². The molecule has 3 nitrogen and oxygen atoms in total. The van der Waals surface area contributed by atoms with Gasteiger partial charge in [-0.15, -0.1) is 0 Å². The first-order chi connectivity index (χ1) is 15.2. The summed E-state index contributed by atoms with van der Waals surface area (Å²) in [5, 5.41) is 0. The summed E-state index contributed by atoms with van der Waals surface area (Å²) in [6.07, 6.45) is 11.1. The quantitative estimate of drug-likeness (QED) is 0.450. The van der Waals surface area contributed by atoms with E-state index < -0.39 is 0 Å². The molecule has 0 aromatic heterocycles. The number of carbonyl (C=O) groups is 1. The highest BCUT2D eigenvalue weighted by Crippen LogP contribution is 2.28. The summed E-state index contributed by atoms with van der Waals surface area (Å²) >= 11 is 0. The summed E-state index contributed by atoms with van der Waals surface area (Å²) in [7, 11) is 0. The molecule has 1 saturated carbocycles. The summed E-state index contributed by atoms with van der Waals surface area (Å²) in [5.74, 6) is 2.81. The van der Waals surface area contributed by atoms with Crippen molar-refractivity contribution in [3.05, 3.63) is 54.1 Å². The first-order valence-corrected chi connectivity index (χ1v) is 12.2. The largest absolute Gasteiger partial charge is 0.494 e. The van der Waals surface area contributed by atoms with Crippen LogP contribution in [-0.4, -0.2) is 36.9 Å². The number of ketones is 1. The SMILES string of the molecule is CC(=O)c1ccc(-c2ccc(OCCC3CCN(CC4CCCCC4)CC3)cc2)cc1. The Kier molecular flexibility index (Phi) is 7.80. The van der Waals surface area contributed by atoms with Crippen LogP contribution in [0.5, 0.6) is 5.75 Å². The van der Waals surface area contributed by atoms with Crippen LogP contribution < -0.4 is 4.74 Å². The van der Waals surface area contributed by atoms with Gasteiger partial charge in [0, 0.05) is 12.1 Å². The van der Waals surface area contributed by atoms with Gasteiger partial charge in [-0.1, -0.05) is 55.7 Å². The molecule has 3 heteroatoms. The Labute approximate surface area is 187 Å². The molecule has 0 amide bonds. The smallest absolute Gasteiger partial charge is 0.159 e. The van der Waals surface area contributed by atoms with Gasteiger partial charge in [-0.25, -0.2) is 0 Å². The van der Waals surface area contributed by atoms with Gasteiger partial charge in [0.15, 0.2) is 5.78 Å². The lowest BCUT2D eigenvalue weighted by molar-refractivity contribution is 0.101. The Morgan fingerprint density at radius 2 is 1.45 bits per heavy atom. The lowest BCUT2D eigenvalue weighted by Crippen LogP contribution is -2.37. The zero-order valence-electron chi connectivity index (χ0n) is 19.0. The van der Waals surface area contributed by atoms with Crippen LogP contribution in [-0.2, 0) is 0 Å². The van der Waals surface area contributed by atoms with Crippen molar-refractivity contribution in [2.24, 2.45) is 11.8 Å². The van der Waals surface area contributed by atoms with E-state index in [-0.39, 0.29) is 5.78 Å². The number of carbonyl (C=O) groups excluding carboxylic acids is 1. The minimum atomic E-state index is 0.102. The Bertz CT molecular complexity index is 813. The number of nitrogens with zero attached hydrogens (tertiary/aromatic N) is 1. The van der Waals surface area contributed by atoms with Crippen LogP contribution in [0.15, 0.2) is 48.5 Å². The first kappa shape index (κ1) is 22.1. The van der Waals surface area contributed by atoms with Crippen molar-refractivity contribution in [2.45, 2.75) is 58.3 Å². The van der Waals surface area contributed by atoms with Crippen molar-refractivity contribution in [3.63, 3.8) is 0 Å². The third kappa shape index (κ3) is 6.43. The number of piperidine rings is 1. The molecule has 0 bridgehead atoms. The summed E-state index contributed by atoms with van der Waals surface area (Å²) < 4.78 is 6.04. The highest BCUT2D eigenvalue weighted by Gasteiger charge is 2.22. The standard InChI is InChI=1S/C28H37NO2/c1-22(30)25-7-9-26(10-8-25)27-11-13-28(14-12-27)31-20-17-23-15-18-29(19-16-23)21-24-5-3-2-4-6-24/h7-14,23-24H,2-6,15-21H2,1H3. The molecule has 0 radical (unpaired) electrons. The van der Waals surface area contributed by atoms with Gasteiger partial charge in [0.1, 0.15) is 5.75 Å². The summed E-state index contributed by atoms with van der Waals surface area (Å²) in [5.41, 5.74) is 3.02.